The lowest BCUT2D eigenvalue weighted by Crippen LogP contribution is -2.13. The third-order valence-electron chi connectivity index (χ3n) is 2.62. The van der Waals surface area contributed by atoms with Gasteiger partial charge in [0.25, 0.3) is 5.91 Å². The van der Waals surface area contributed by atoms with Crippen molar-refractivity contribution in [2.75, 3.05) is 12.4 Å². The van der Waals surface area contributed by atoms with Crippen LogP contribution in [-0.4, -0.2) is 24.0 Å². The van der Waals surface area contributed by atoms with Crippen LogP contribution in [0.4, 0.5) is 10.1 Å². The quantitative estimate of drug-likeness (QED) is 0.699. The Kier molecular flexibility index (Phi) is 4.49. The summed E-state index contributed by atoms with van der Waals surface area (Å²) in [6.07, 6.45) is 1.39. The molecule has 0 saturated heterocycles. The molecule has 0 aliphatic rings. The van der Waals surface area contributed by atoms with Gasteiger partial charge < -0.3 is 10.1 Å². The van der Waals surface area contributed by atoms with Crippen LogP contribution in [0.15, 0.2) is 36.5 Å². The summed E-state index contributed by atoms with van der Waals surface area (Å²) in [7, 11) is 1.14. The molecule has 0 radical (unpaired) electrons. The molecular weight excluding hydrogens is 299 g/mol. The first kappa shape index (κ1) is 14.9. The first-order chi connectivity index (χ1) is 10.0. The predicted molar refractivity (Wildman–Crippen MR) is 74.9 cm³/mol. The summed E-state index contributed by atoms with van der Waals surface area (Å²) in [5.41, 5.74) is 0.289. The van der Waals surface area contributed by atoms with E-state index in [9.17, 15) is 14.0 Å². The van der Waals surface area contributed by atoms with Crippen molar-refractivity contribution in [3.05, 3.63) is 58.6 Å². The highest BCUT2D eigenvalue weighted by Crippen LogP contribution is 2.17. The molecule has 2 rings (SSSR count). The predicted octanol–water partition coefficient (Wildman–Crippen LogP) is 2.91. The van der Waals surface area contributed by atoms with Gasteiger partial charge in [0.05, 0.1) is 12.7 Å². The Labute approximate surface area is 124 Å². The number of methoxy groups -OCH3 is 1. The summed E-state index contributed by atoms with van der Waals surface area (Å²) >= 11 is 5.70. The van der Waals surface area contributed by atoms with Crippen LogP contribution in [0.2, 0.25) is 5.15 Å². The van der Waals surface area contributed by atoms with Crippen LogP contribution in [-0.2, 0) is 4.74 Å². The highest BCUT2D eigenvalue weighted by atomic mass is 35.5. The number of hydrogen-bond donors (Lipinski definition) is 1. The molecule has 1 aromatic carbocycles. The highest BCUT2D eigenvalue weighted by Gasteiger charge is 2.14. The molecule has 0 saturated carbocycles. The van der Waals surface area contributed by atoms with E-state index < -0.39 is 17.7 Å². The molecule has 7 heteroatoms. The Bertz CT molecular complexity index is 706. The van der Waals surface area contributed by atoms with Crippen molar-refractivity contribution in [2.45, 2.75) is 0 Å². The van der Waals surface area contributed by atoms with E-state index in [-0.39, 0.29) is 16.4 Å². The van der Waals surface area contributed by atoms with E-state index in [0.29, 0.717) is 5.56 Å². The van der Waals surface area contributed by atoms with Gasteiger partial charge in [-0.25, -0.2) is 14.2 Å². The number of halogens is 2. The standard InChI is InChI=1S/C14H10ClFN2O3/c1-21-14(20)10-7-9(2-3-11(10)16)18-13(19)8-4-5-17-12(15)6-8/h2-7H,1H3,(H,18,19). The van der Waals surface area contributed by atoms with Crippen molar-refractivity contribution in [1.82, 2.24) is 4.98 Å². The summed E-state index contributed by atoms with van der Waals surface area (Å²) in [5, 5.41) is 2.71. The molecule has 0 bridgehead atoms. The minimum Gasteiger partial charge on any atom is -0.465 e. The fourth-order valence-corrected chi connectivity index (χ4v) is 1.79. The summed E-state index contributed by atoms with van der Waals surface area (Å²) in [6.45, 7) is 0. The number of pyridine rings is 1. The zero-order chi connectivity index (χ0) is 15.4. The van der Waals surface area contributed by atoms with E-state index >= 15 is 0 Å². The number of anilines is 1. The molecule has 0 fully saturated rings. The molecule has 0 aliphatic carbocycles. The van der Waals surface area contributed by atoms with Crippen molar-refractivity contribution < 1.29 is 18.7 Å². The third kappa shape index (κ3) is 3.55. The van der Waals surface area contributed by atoms with E-state index in [2.05, 4.69) is 15.0 Å². The van der Waals surface area contributed by atoms with Crippen LogP contribution in [0.25, 0.3) is 0 Å². The number of carbonyl (C=O) groups is 2. The topological polar surface area (TPSA) is 68.3 Å². The summed E-state index contributed by atoms with van der Waals surface area (Å²) < 4.78 is 17.9. The van der Waals surface area contributed by atoms with E-state index in [4.69, 9.17) is 11.6 Å². The molecule has 0 atom stereocenters. The van der Waals surface area contributed by atoms with Gasteiger partial charge in [-0.3, -0.25) is 4.79 Å². The normalized spacial score (nSPS) is 10.0. The largest absolute Gasteiger partial charge is 0.465 e. The molecule has 1 heterocycles. The number of amides is 1. The molecular formula is C14H10ClFN2O3. The SMILES string of the molecule is COC(=O)c1cc(NC(=O)c2ccnc(Cl)c2)ccc1F. The second-order valence-corrected chi connectivity index (χ2v) is 4.39. The van der Waals surface area contributed by atoms with Crippen LogP contribution in [0.5, 0.6) is 0 Å². The van der Waals surface area contributed by atoms with Gasteiger partial charge in [0.1, 0.15) is 11.0 Å². The Morgan fingerprint density at radius 2 is 2.05 bits per heavy atom. The first-order valence-electron chi connectivity index (χ1n) is 5.82. The van der Waals surface area contributed by atoms with Crippen molar-refractivity contribution in [1.29, 1.82) is 0 Å². The van der Waals surface area contributed by atoms with Crippen LogP contribution >= 0.6 is 11.6 Å². The third-order valence-corrected chi connectivity index (χ3v) is 2.82. The molecule has 0 aliphatic heterocycles. The molecule has 1 amide bonds. The van der Waals surface area contributed by atoms with Gasteiger partial charge in [-0.1, -0.05) is 11.6 Å². The summed E-state index contributed by atoms with van der Waals surface area (Å²) in [6, 6.07) is 6.47. The lowest BCUT2D eigenvalue weighted by atomic mass is 10.1. The zero-order valence-corrected chi connectivity index (χ0v) is 11.6. The number of hydrogen-bond acceptors (Lipinski definition) is 4. The number of aromatic nitrogens is 1. The smallest absolute Gasteiger partial charge is 0.340 e. The highest BCUT2D eigenvalue weighted by molar-refractivity contribution is 6.29. The lowest BCUT2D eigenvalue weighted by molar-refractivity contribution is 0.0595. The van der Waals surface area contributed by atoms with Gasteiger partial charge in [-0.05, 0) is 30.3 Å². The number of carbonyl (C=O) groups excluding carboxylic acids is 2. The van der Waals surface area contributed by atoms with Gasteiger partial charge in [0.15, 0.2) is 0 Å². The van der Waals surface area contributed by atoms with Gasteiger partial charge in [0, 0.05) is 17.4 Å². The average molecular weight is 309 g/mol. The molecule has 5 nitrogen and oxygen atoms in total. The number of nitrogens with one attached hydrogen (secondary N) is 1. The second kappa shape index (κ2) is 6.32. The maximum Gasteiger partial charge on any atom is 0.340 e. The fraction of sp³-hybridized carbons (Fsp3) is 0.0714. The van der Waals surface area contributed by atoms with Crippen molar-refractivity contribution in [2.24, 2.45) is 0 Å². The molecule has 1 N–H and O–H groups in total. The number of ether oxygens (including phenoxy) is 1. The fourth-order valence-electron chi connectivity index (χ4n) is 1.62. The number of benzene rings is 1. The van der Waals surface area contributed by atoms with Crippen LogP contribution in [0.3, 0.4) is 0 Å². The van der Waals surface area contributed by atoms with E-state index in [0.717, 1.165) is 13.2 Å². The Morgan fingerprint density at radius 1 is 1.29 bits per heavy atom. The maximum absolute atomic E-state index is 13.5. The molecule has 0 unspecified atom stereocenters. The van der Waals surface area contributed by atoms with Gasteiger partial charge in [0.2, 0.25) is 0 Å². The second-order valence-electron chi connectivity index (χ2n) is 4.01. The maximum atomic E-state index is 13.5. The van der Waals surface area contributed by atoms with Crippen LogP contribution in [0.1, 0.15) is 20.7 Å². The zero-order valence-electron chi connectivity index (χ0n) is 10.9. The van der Waals surface area contributed by atoms with Gasteiger partial charge >= 0.3 is 5.97 Å². The lowest BCUT2D eigenvalue weighted by Gasteiger charge is -2.07. The van der Waals surface area contributed by atoms with E-state index in [1.165, 1.54) is 30.5 Å². The van der Waals surface area contributed by atoms with Crippen molar-refractivity contribution >= 4 is 29.2 Å². The Balaban J connectivity index is 2.24. The van der Waals surface area contributed by atoms with Crippen LogP contribution in [0, 0.1) is 5.82 Å². The monoisotopic (exact) mass is 308 g/mol. The number of esters is 1. The van der Waals surface area contributed by atoms with Crippen molar-refractivity contribution in [3.8, 4) is 0 Å². The molecule has 108 valence electrons. The molecule has 1 aromatic heterocycles. The summed E-state index contributed by atoms with van der Waals surface area (Å²) in [5.74, 6) is -2.01. The number of nitrogens with zero attached hydrogens (tertiary/aromatic N) is 1. The Morgan fingerprint density at radius 3 is 2.71 bits per heavy atom. The Hall–Kier alpha value is -2.47. The minimum atomic E-state index is -0.824. The van der Waals surface area contributed by atoms with Gasteiger partial charge in [-0.2, -0.15) is 0 Å². The van der Waals surface area contributed by atoms with E-state index in [1.807, 2.05) is 0 Å². The average Bonchev–Trinajstić information content (AvgIpc) is 2.48. The summed E-state index contributed by atoms with van der Waals surface area (Å²) in [4.78, 5) is 27.1. The molecule has 0 spiro atoms. The van der Waals surface area contributed by atoms with E-state index in [1.54, 1.807) is 0 Å². The first-order valence-corrected chi connectivity index (χ1v) is 6.20. The number of rotatable bonds is 3. The molecule has 2 aromatic rings. The van der Waals surface area contributed by atoms with Crippen molar-refractivity contribution in [3.63, 3.8) is 0 Å². The van der Waals surface area contributed by atoms with Gasteiger partial charge in [-0.15, -0.1) is 0 Å². The minimum absolute atomic E-state index is 0.178. The van der Waals surface area contributed by atoms with Crippen LogP contribution < -0.4 is 5.32 Å². The molecule has 21 heavy (non-hydrogen) atoms.